The number of rotatable bonds is 4. The summed E-state index contributed by atoms with van der Waals surface area (Å²) in [6.45, 7) is 10.7. The molecule has 22 heavy (non-hydrogen) atoms. The van der Waals surface area contributed by atoms with Gasteiger partial charge in [0.25, 0.3) is 0 Å². The van der Waals surface area contributed by atoms with Gasteiger partial charge in [-0.25, -0.2) is 4.39 Å². The van der Waals surface area contributed by atoms with Gasteiger partial charge >= 0.3 is 0 Å². The Morgan fingerprint density at radius 2 is 1.82 bits per heavy atom. The number of benzene rings is 1. The molecule has 3 rings (SSSR count). The third kappa shape index (κ3) is 4.43. The van der Waals surface area contributed by atoms with Crippen LogP contribution in [0.2, 0.25) is 0 Å². The highest BCUT2D eigenvalue weighted by molar-refractivity contribution is 5.87. The number of hydrogen-bond donors (Lipinski definition) is 0. The molecule has 0 spiro atoms. The molecule has 3 heteroatoms. The molecule has 0 aliphatic heterocycles. The SMILES string of the molecule is CC.CC.CCc1ccnc2c(OCC3CC3)c(F)ccc12. The van der Waals surface area contributed by atoms with Crippen molar-refractivity contribution in [3.63, 3.8) is 0 Å². The van der Waals surface area contributed by atoms with Crippen LogP contribution in [0.25, 0.3) is 10.9 Å². The van der Waals surface area contributed by atoms with E-state index in [1.165, 1.54) is 24.5 Å². The molecule has 0 amide bonds. The molecule has 1 heterocycles. The molecule has 1 fully saturated rings. The number of pyridine rings is 1. The summed E-state index contributed by atoms with van der Waals surface area (Å²) in [6, 6.07) is 5.25. The first kappa shape index (κ1) is 18.4. The number of halogens is 1. The minimum absolute atomic E-state index is 0.315. The molecule has 0 atom stereocenters. The molecule has 1 saturated carbocycles. The molecule has 2 aromatic rings. The number of ether oxygens (including phenoxy) is 1. The summed E-state index contributed by atoms with van der Waals surface area (Å²) in [5.41, 5.74) is 1.83. The first-order valence-electron chi connectivity index (χ1n) is 8.48. The van der Waals surface area contributed by atoms with Crippen molar-refractivity contribution in [1.29, 1.82) is 0 Å². The zero-order valence-electron chi connectivity index (χ0n) is 14.4. The molecule has 0 saturated heterocycles. The number of aryl methyl sites for hydroxylation is 1. The lowest BCUT2D eigenvalue weighted by atomic mass is 10.1. The van der Waals surface area contributed by atoms with E-state index >= 15 is 0 Å². The zero-order valence-corrected chi connectivity index (χ0v) is 14.4. The highest BCUT2D eigenvalue weighted by Gasteiger charge is 2.23. The highest BCUT2D eigenvalue weighted by atomic mass is 19.1. The normalized spacial score (nSPS) is 12.8. The quantitative estimate of drug-likeness (QED) is 0.714. The molecule has 0 bridgehead atoms. The topological polar surface area (TPSA) is 22.1 Å². The maximum atomic E-state index is 13.9. The van der Waals surface area contributed by atoms with Crippen LogP contribution in [0, 0.1) is 11.7 Å². The van der Waals surface area contributed by atoms with Crippen LogP contribution in [0.3, 0.4) is 0 Å². The zero-order chi connectivity index (χ0) is 16.5. The fraction of sp³-hybridized carbons (Fsp3) is 0.526. The van der Waals surface area contributed by atoms with Crippen LogP contribution in [0.5, 0.6) is 5.75 Å². The van der Waals surface area contributed by atoms with E-state index in [1.807, 2.05) is 33.8 Å². The molecule has 0 radical (unpaired) electrons. The van der Waals surface area contributed by atoms with Gasteiger partial charge in [-0.3, -0.25) is 4.98 Å². The van der Waals surface area contributed by atoms with E-state index in [1.54, 1.807) is 12.3 Å². The van der Waals surface area contributed by atoms with Gasteiger partial charge < -0.3 is 4.74 Å². The Bertz CT molecular complexity index is 579. The lowest BCUT2D eigenvalue weighted by Gasteiger charge is -2.11. The van der Waals surface area contributed by atoms with E-state index in [0.29, 0.717) is 23.8 Å². The standard InChI is InChI=1S/C15H16FNO.2C2H6/c1-2-11-7-8-17-14-12(11)5-6-13(16)15(14)18-9-10-3-4-10;2*1-2/h5-8,10H,2-4,9H2,1H3;2*1-2H3. The summed E-state index contributed by atoms with van der Waals surface area (Å²) in [5, 5.41) is 0.993. The lowest BCUT2D eigenvalue weighted by Crippen LogP contribution is -2.02. The molecule has 1 aliphatic rings. The Balaban J connectivity index is 0.000000561. The average molecular weight is 305 g/mol. The fourth-order valence-corrected chi connectivity index (χ4v) is 2.16. The Labute approximate surface area is 133 Å². The molecule has 122 valence electrons. The molecular weight excluding hydrogens is 277 g/mol. The van der Waals surface area contributed by atoms with Crippen molar-refractivity contribution in [2.45, 2.75) is 53.9 Å². The minimum Gasteiger partial charge on any atom is -0.488 e. The molecule has 0 N–H and O–H groups in total. The number of hydrogen-bond acceptors (Lipinski definition) is 2. The van der Waals surface area contributed by atoms with Crippen LogP contribution >= 0.6 is 0 Å². The summed E-state index contributed by atoms with van der Waals surface area (Å²) in [7, 11) is 0. The maximum absolute atomic E-state index is 13.9. The first-order chi connectivity index (χ1) is 10.8. The second kappa shape index (κ2) is 9.39. The van der Waals surface area contributed by atoms with Crippen molar-refractivity contribution in [3.8, 4) is 5.75 Å². The highest BCUT2D eigenvalue weighted by Crippen LogP contribution is 2.33. The van der Waals surface area contributed by atoms with E-state index in [-0.39, 0.29) is 5.82 Å². The predicted octanol–water partition coefficient (Wildman–Crippen LogP) is 5.78. The average Bonchev–Trinajstić information content (AvgIpc) is 3.41. The first-order valence-corrected chi connectivity index (χ1v) is 8.48. The fourth-order valence-electron chi connectivity index (χ4n) is 2.16. The Hall–Kier alpha value is -1.64. The lowest BCUT2D eigenvalue weighted by molar-refractivity contribution is 0.288. The summed E-state index contributed by atoms with van der Waals surface area (Å²) < 4.78 is 19.5. The van der Waals surface area contributed by atoms with Crippen LogP contribution in [0.4, 0.5) is 4.39 Å². The van der Waals surface area contributed by atoms with Gasteiger partial charge in [-0.1, -0.05) is 34.6 Å². The van der Waals surface area contributed by atoms with Crippen LogP contribution < -0.4 is 4.74 Å². The molecule has 1 aliphatic carbocycles. The predicted molar refractivity (Wildman–Crippen MR) is 92.0 cm³/mol. The van der Waals surface area contributed by atoms with Crippen LogP contribution in [0.15, 0.2) is 24.4 Å². The Kier molecular flexibility index (Phi) is 7.86. The monoisotopic (exact) mass is 305 g/mol. The van der Waals surface area contributed by atoms with E-state index in [9.17, 15) is 4.39 Å². The summed E-state index contributed by atoms with van der Waals surface area (Å²) in [6.07, 6.45) is 5.03. The van der Waals surface area contributed by atoms with Gasteiger partial charge in [-0.2, -0.15) is 0 Å². The molecule has 1 aromatic carbocycles. The molecular formula is C19H28FNO. The largest absolute Gasteiger partial charge is 0.488 e. The van der Waals surface area contributed by atoms with Crippen LogP contribution in [0.1, 0.15) is 53.0 Å². The summed E-state index contributed by atoms with van der Waals surface area (Å²) in [5.74, 6) is 0.604. The van der Waals surface area contributed by atoms with Crippen molar-refractivity contribution < 1.29 is 9.13 Å². The molecule has 1 aromatic heterocycles. The summed E-state index contributed by atoms with van der Waals surface area (Å²) in [4.78, 5) is 4.28. The van der Waals surface area contributed by atoms with Gasteiger partial charge in [0.2, 0.25) is 0 Å². The summed E-state index contributed by atoms with van der Waals surface area (Å²) >= 11 is 0. The smallest absolute Gasteiger partial charge is 0.181 e. The maximum Gasteiger partial charge on any atom is 0.181 e. The molecule has 2 nitrogen and oxygen atoms in total. The third-order valence-electron chi connectivity index (χ3n) is 3.45. The van der Waals surface area contributed by atoms with E-state index in [4.69, 9.17) is 4.74 Å². The van der Waals surface area contributed by atoms with Gasteiger partial charge in [0.1, 0.15) is 5.52 Å². The third-order valence-corrected chi connectivity index (χ3v) is 3.45. The van der Waals surface area contributed by atoms with E-state index in [0.717, 1.165) is 11.8 Å². The van der Waals surface area contributed by atoms with Crippen molar-refractivity contribution in [2.75, 3.05) is 6.61 Å². The van der Waals surface area contributed by atoms with Gasteiger partial charge in [-0.15, -0.1) is 0 Å². The van der Waals surface area contributed by atoms with Crippen molar-refractivity contribution >= 4 is 10.9 Å². The number of aromatic nitrogens is 1. The van der Waals surface area contributed by atoms with Crippen molar-refractivity contribution in [1.82, 2.24) is 4.98 Å². The van der Waals surface area contributed by atoms with Crippen LogP contribution in [-0.4, -0.2) is 11.6 Å². The minimum atomic E-state index is -0.316. The number of fused-ring (bicyclic) bond motifs is 1. The van der Waals surface area contributed by atoms with Crippen molar-refractivity contribution in [3.05, 3.63) is 35.8 Å². The Morgan fingerprint density at radius 3 is 2.41 bits per heavy atom. The second-order valence-corrected chi connectivity index (χ2v) is 4.85. The number of nitrogens with zero attached hydrogens (tertiary/aromatic N) is 1. The second-order valence-electron chi connectivity index (χ2n) is 4.85. The van der Waals surface area contributed by atoms with Gasteiger partial charge in [0.15, 0.2) is 11.6 Å². The van der Waals surface area contributed by atoms with Gasteiger partial charge in [0, 0.05) is 11.6 Å². The molecule has 0 unspecified atom stereocenters. The van der Waals surface area contributed by atoms with Gasteiger partial charge in [-0.05, 0) is 48.9 Å². The van der Waals surface area contributed by atoms with Gasteiger partial charge in [0.05, 0.1) is 6.61 Å². The Morgan fingerprint density at radius 1 is 1.14 bits per heavy atom. The van der Waals surface area contributed by atoms with Crippen molar-refractivity contribution in [2.24, 2.45) is 5.92 Å². The van der Waals surface area contributed by atoms with E-state index in [2.05, 4.69) is 11.9 Å². The van der Waals surface area contributed by atoms with E-state index < -0.39 is 0 Å². The van der Waals surface area contributed by atoms with Crippen LogP contribution in [-0.2, 0) is 6.42 Å².